The Kier molecular flexibility index (Phi) is 5.74. The average Bonchev–Trinajstić information content (AvgIpc) is 3.23. The molecule has 5 nitrogen and oxygen atoms in total. The molecule has 0 saturated carbocycles. The number of anilines is 3. The Balaban J connectivity index is 1.62. The van der Waals surface area contributed by atoms with Crippen molar-refractivity contribution in [1.82, 2.24) is 9.97 Å². The van der Waals surface area contributed by atoms with Crippen LogP contribution in [0.3, 0.4) is 0 Å². The van der Waals surface area contributed by atoms with Crippen molar-refractivity contribution in [2.75, 3.05) is 23.8 Å². The lowest BCUT2D eigenvalue weighted by Gasteiger charge is -2.14. The number of ether oxygens (including phenoxy) is 1. The highest BCUT2D eigenvalue weighted by Crippen LogP contribution is 2.26. The molecular weight excluding hydrogens is 372 g/mol. The van der Waals surface area contributed by atoms with E-state index in [1.54, 1.807) is 0 Å². The van der Waals surface area contributed by atoms with Gasteiger partial charge in [-0.3, -0.25) is 0 Å². The standard InChI is InChI=1S/C22H23ClN4O/c1-15-12-17(23)9-10-19(15)25-21-13-20(16-6-3-2-4-7-16)26-22(27-21)24-14-18-8-5-11-28-18/h2-4,6-7,9-10,12-13,18H,5,8,11,14H2,1H3,(H2,24,25,26,27). The zero-order valence-corrected chi connectivity index (χ0v) is 16.5. The van der Waals surface area contributed by atoms with Crippen LogP contribution in [0.4, 0.5) is 17.5 Å². The highest BCUT2D eigenvalue weighted by Gasteiger charge is 2.16. The van der Waals surface area contributed by atoms with E-state index in [0.29, 0.717) is 12.5 Å². The van der Waals surface area contributed by atoms with E-state index in [4.69, 9.17) is 21.3 Å². The average molecular weight is 395 g/mol. The predicted octanol–water partition coefficient (Wildman–Crippen LogP) is 5.44. The zero-order valence-electron chi connectivity index (χ0n) is 15.8. The van der Waals surface area contributed by atoms with Crippen LogP contribution in [0, 0.1) is 6.92 Å². The van der Waals surface area contributed by atoms with Gasteiger partial charge in [0.2, 0.25) is 5.95 Å². The van der Waals surface area contributed by atoms with Gasteiger partial charge in [0.15, 0.2) is 0 Å². The molecule has 2 N–H and O–H groups in total. The van der Waals surface area contributed by atoms with E-state index in [1.165, 1.54) is 0 Å². The number of halogens is 1. The third-order valence-corrected chi connectivity index (χ3v) is 4.99. The molecule has 1 atom stereocenters. The van der Waals surface area contributed by atoms with Gasteiger partial charge in [-0.2, -0.15) is 4.98 Å². The van der Waals surface area contributed by atoms with E-state index in [9.17, 15) is 0 Å². The maximum absolute atomic E-state index is 6.08. The largest absolute Gasteiger partial charge is 0.376 e. The van der Waals surface area contributed by atoms with Gasteiger partial charge in [0.25, 0.3) is 0 Å². The molecule has 1 aromatic heterocycles. The monoisotopic (exact) mass is 394 g/mol. The fourth-order valence-corrected chi connectivity index (χ4v) is 3.49. The smallest absolute Gasteiger partial charge is 0.225 e. The van der Waals surface area contributed by atoms with Crippen molar-refractivity contribution in [1.29, 1.82) is 0 Å². The predicted molar refractivity (Wildman–Crippen MR) is 114 cm³/mol. The fourth-order valence-electron chi connectivity index (χ4n) is 3.26. The van der Waals surface area contributed by atoms with Crippen molar-refractivity contribution in [2.45, 2.75) is 25.9 Å². The summed E-state index contributed by atoms with van der Waals surface area (Å²) in [5.41, 5.74) is 3.92. The molecule has 0 bridgehead atoms. The lowest BCUT2D eigenvalue weighted by molar-refractivity contribution is 0.120. The Morgan fingerprint density at radius 3 is 2.71 bits per heavy atom. The van der Waals surface area contributed by atoms with Gasteiger partial charge in [-0.1, -0.05) is 41.9 Å². The molecule has 1 unspecified atom stereocenters. The lowest BCUT2D eigenvalue weighted by Crippen LogP contribution is -2.20. The summed E-state index contributed by atoms with van der Waals surface area (Å²) in [4.78, 5) is 9.36. The molecule has 1 aliphatic rings. The number of hydrogen-bond donors (Lipinski definition) is 2. The Labute approximate surface area is 170 Å². The summed E-state index contributed by atoms with van der Waals surface area (Å²) in [6.07, 6.45) is 2.40. The Bertz CT molecular complexity index is 943. The second-order valence-corrected chi connectivity index (χ2v) is 7.36. The maximum Gasteiger partial charge on any atom is 0.225 e. The summed E-state index contributed by atoms with van der Waals surface area (Å²) < 4.78 is 5.70. The van der Waals surface area contributed by atoms with Crippen LogP contribution in [0.15, 0.2) is 54.6 Å². The summed E-state index contributed by atoms with van der Waals surface area (Å²) >= 11 is 6.08. The third-order valence-electron chi connectivity index (χ3n) is 4.76. The van der Waals surface area contributed by atoms with Gasteiger partial charge >= 0.3 is 0 Å². The van der Waals surface area contributed by atoms with Crippen molar-refractivity contribution in [3.8, 4) is 11.3 Å². The van der Waals surface area contributed by atoms with Crippen LogP contribution in [0.2, 0.25) is 5.02 Å². The molecular formula is C22H23ClN4O. The number of aromatic nitrogens is 2. The molecule has 4 rings (SSSR count). The Morgan fingerprint density at radius 2 is 1.96 bits per heavy atom. The Hall–Kier alpha value is -2.63. The first-order chi connectivity index (χ1) is 13.7. The highest BCUT2D eigenvalue weighted by atomic mass is 35.5. The van der Waals surface area contributed by atoms with E-state index in [2.05, 4.69) is 15.6 Å². The lowest BCUT2D eigenvalue weighted by atomic mass is 10.1. The van der Waals surface area contributed by atoms with Crippen molar-refractivity contribution in [3.05, 3.63) is 65.2 Å². The van der Waals surface area contributed by atoms with Gasteiger partial charge < -0.3 is 15.4 Å². The van der Waals surface area contributed by atoms with Crippen LogP contribution in [0.25, 0.3) is 11.3 Å². The minimum atomic E-state index is 0.221. The summed E-state index contributed by atoms with van der Waals surface area (Å²) in [6.45, 7) is 3.56. The number of hydrogen-bond acceptors (Lipinski definition) is 5. The topological polar surface area (TPSA) is 59.1 Å². The summed E-state index contributed by atoms with van der Waals surface area (Å²) in [6, 6.07) is 17.8. The van der Waals surface area contributed by atoms with Gasteiger partial charge in [0.1, 0.15) is 5.82 Å². The molecule has 3 aromatic rings. The van der Waals surface area contributed by atoms with Crippen LogP contribution in [0.1, 0.15) is 18.4 Å². The van der Waals surface area contributed by atoms with Gasteiger partial charge in [0, 0.05) is 35.5 Å². The van der Waals surface area contributed by atoms with E-state index < -0.39 is 0 Å². The van der Waals surface area contributed by atoms with Crippen LogP contribution < -0.4 is 10.6 Å². The minimum Gasteiger partial charge on any atom is -0.376 e. The van der Waals surface area contributed by atoms with Gasteiger partial charge in [0.05, 0.1) is 11.8 Å². The van der Waals surface area contributed by atoms with Gasteiger partial charge in [-0.25, -0.2) is 4.98 Å². The van der Waals surface area contributed by atoms with E-state index in [1.807, 2.05) is 61.5 Å². The fraction of sp³-hybridized carbons (Fsp3) is 0.273. The molecule has 28 heavy (non-hydrogen) atoms. The van der Waals surface area contributed by atoms with Gasteiger partial charge in [-0.15, -0.1) is 0 Å². The van der Waals surface area contributed by atoms with Crippen LogP contribution in [0.5, 0.6) is 0 Å². The first kappa shape index (κ1) is 18.7. The van der Waals surface area contributed by atoms with Crippen molar-refractivity contribution < 1.29 is 4.74 Å². The van der Waals surface area contributed by atoms with E-state index in [0.717, 1.165) is 52.8 Å². The second-order valence-electron chi connectivity index (χ2n) is 6.93. The van der Waals surface area contributed by atoms with Crippen molar-refractivity contribution >= 4 is 29.1 Å². The number of benzene rings is 2. The molecule has 1 aliphatic heterocycles. The van der Waals surface area contributed by atoms with Crippen molar-refractivity contribution in [3.63, 3.8) is 0 Å². The minimum absolute atomic E-state index is 0.221. The third kappa shape index (κ3) is 4.61. The molecule has 144 valence electrons. The maximum atomic E-state index is 6.08. The van der Waals surface area contributed by atoms with E-state index >= 15 is 0 Å². The molecule has 1 fully saturated rings. The number of nitrogens with zero attached hydrogens (tertiary/aromatic N) is 2. The molecule has 2 heterocycles. The first-order valence-electron chi connectivity index (χ1n) is 9.50. The first-order valence-corrected chi connectivity index (χ1v) is 9.88. The summed E-state index contributed by atoms with van der Waals surface area (Å²) in [7, 11) is 0. The summed E-state index contributed by atoms with van der Waals surface area (Å²) in [5, 5.41) is 7.45. The summed E-state index contributed by atoms with van der Waals surface area (Å²) in [5.74, 6) is 1.32. The quantitative estimate of drug-likeness (QED) is 0.583. The van der Waals surface area contributed by atoms with Crippen LogP contribution >= 0.6 is 11.6 Å². The molecule has 0 radical (unpaired) electrons. The highest BCUT2D eigenvalue weighted by molar-refractivity contribution is 6.30. The molecule has 2 aromatic carbocycles. The molecule has 0 amide bonds. The number of aryl methyl sites for hydroxylation is 1. The molecule has 0 aliphatic carbocycles. The normalized spacial score (nSPS) is 16.1. The number of rotatable bonds is 6. The zero-order chi connectivity index (χ0) is 19.3. The second kappa shape index (κ2) is 8.59. The SMILES string of the molecule is Cc1cc(Cl)ccc1Nc1cc(-c2ccccc2)nc(NCC2CCCO2)n1. The van der Waals surface area contributed by atoms with Gasteiger partial charge in [-0.05, 0) is 43.5 Å². The molecule has 1 saturated heterocycles. The molecule has 0 spiro atoms. The molecule has 6 heteroatoms. The van der Waals surface area contributed by atoms with Crippen molar-refractivity contribution in [2.24, 2.45) is 0 Å². The number of nitrogens with one attached hydrogen (secondary N) is 2. The Morgan fingerprint density at radius 1 is 1.11 bits per heavy atom. The van der Waals surface area contributed by atoms with E-state index in [-0.39, 0.29) is 6.10 Å². The van der Waals surface area contributed by atoms with Crippen LogP contribution in [-0.2, 0) is 4.74 Å². The van der Waals surface area contributed by atoms with Crippen LogP contribution in [-0.4, -0.2) is 29.2 Å².